The van der Waals surface area contributed by atoms with Crippen LogP contribution in [0.25, 0.3) is 0 Å². The van der Waals surface area contributed by atoms with Gasteiger partial charge in [0.2, 0.25) is 5.91 Å². The van der Waals surface area contributed by atoms with E-state index >= 15 is 0 Å². The first-order valence-electron chi connectivity index (χ1n) is 10.0. The molecule has 1 amide bonds. The molecule has 0 radical (unpaired) electrons. The molecule has 3 aromatic rings. The minimum absolute atomic E-state index is 0.0592. The van der Waals surface area contributed by atoms with E-state index in [-0.39, 0.29) is 17.2 Å². The maximum Gasteiger partial charge on any atom is 0.262 e. The average molecular weight is 471 g/mol. The summed E-state index contributed by atoms with van der Waals surface area (Å²) >= 11 is 0. The van der Waals surface area contributed by atoms with Gasteiger partial charge in [-0.25, -0.2) is 8.42 Å². The molecule has 0 heterocycles. The predicted octanol–water partition coefficient (Wildman–Crippen LogP) is 4.00. The first-order chi connectivity index (χ1) is 15.7. The number of amides is 1. The van der Waals surface area contributed by atoms with Gasteiger partial charge in [-0.05, 0) is 66.6 Å². The maximum atomic E-state index is 12.8. The van der Waals surface area contributed by atoms with E-state index in [1.54, 1.807) is 37.4 Å². The average Bonchev–Trinajstić information content (AvgIpc) is 2.79. The minimum Gasteiger partial charge on any atom is -0.495 e. The van der Waals surface area contributed by atoms with Crippen LogP contribution in [0.1, 0.15) is 11.1 Å². The molecule has 0 saturated heterocycles. The van der Waals surface area contributed by atoms with Gasteiger partial charge in [0, 0.05) is 5.69 Å². The molecule has 174 valence electrons. The second-order valence-electron chi connectivity index (χ2n) is 7.25. The third-order valence-electron chi connectivity index (χ3n) is 4.86. The summed E-state index contributed by atoms with van der Waals surface area (Å²) in [7, 11) is 0.707. The SMILES string of the molecule is COc1ccc(C)cc1NS(=O)(=O)c1ccc(NC(=O)Cc2ccc(OC)c(OC)c2)cc1. The van der Waals surface area contributed by atoms with Crippen molar-refractivity contribution < 1.29 is 27.4 Å². The largest absolute Gasteiger partial charge is 0.495 e. The van der Waals surface area contributed by atoms with E-state index < -0.39 is 10.0 Å². The van der Waals surface area contributed by atoms with Gasteiger partial charge in [-0.15, -0.1) is 0 Å². The molecule has 0 aromatic heterocycles. The molecule has 2 N–H and O–H groups in total. The number of rotatable bonds is 9. The highest BCUT2D eigenvalue weighted by Crippen LogP contribution is 2.29. The summed E-state index contributed by atoms with van der Waals surface area (Å²) in [4.78, 5) is 12.5. The Morgan fingerprint density at radius 3 is 2.09 bits per heavy atom. The van der Waals surface area contributed by atoms with Crippen LogP contribution in [0.3, 0.4) is 0 Å². The summed E-state index contributed by atoms with van der Waals surface area (Å²) in [5, 5.41) is 2.76. The van der Waals surface area contributed by atoms with Crippen LogP contribution in [0.15, 0.2) is 65.6 Å². The Bertz CT molecular complexity index is 1240. The Morgan fingerprint density at radius 1 is 0.818 bits per heavy atom. The number of sulfonamides is 1. The van der Waals surface area contributed by atoms with Crippen LogP contribution in [0, 0.1) is 6.92 Å². The molecule has 8 nitrogen and oxygen atoms in total. The van der Waals surface area contributed by atoms with E-state index in [4.69, 9.17) is 14.2 Å². The molecular formula is C24H26N2O6S. The highest BCUT2D eigenvalue weighted by atomic mass is 32.2. The first-order valence-corrected chi connectivity index (χ1v) is 11.5. The van der Waals surface area contributed by atoms with Crippen molar-refractivity contribution in [2.75, 3.05) is 31.4 Å². The van der Waals surface area contributed by atoms with Gasteiger partial charge in [-0.1, -0.05) is 12.1 Å². The van der Waals surface area contributed by atoms with Crippen molar-refractivity contribution in [1.29, 1.82) is 0 Å². The molecule has 0 unspecified atom stereocenters. The second-order valence-corrected chi connectivity index (χ2v) is 8.93. The van der Waals surface area contributed by atoms with Crippen LogP contribution < -0.4 is 24.2 Å². The summed E-state index contributed by atoms with van der Waals surface area (Å²) in [5.41, 5.74) is 2.47. The summed E-state index contributed by atoms with van der Waals surface area (Å²) in [6, 6.07) is 16.4. The highest BCUT2D eigenvalue weighted by molar-refractivity contribution is 7.92. The molecule has 0 aliphatic carbocycles. The maximum absolute atomic E-state index is 12.8. The Labute approximate surface area is 193 Å². The molecule has 0 saturated carbocycles. The molecule has 0 aliphatic rings. The van der Waals surface area contributed by atoms with Gasteiger partial charge in [-0.2, -0.15) is 0 Å². The van der Waals surface area contributed by atoms with Crippen molar-refractivity contribution >= 4 is 27.3 Å². The molecular weight excluding hydrogens is 444 g/mol. The molecule has 33 heavy (non-hydrogen) atoms. The molecule has 0 spiro atoms. The van der Waals surface area contributed by atoms with E-state index in [1.807, 2.05) is 13.0 Å². The summed E-state index contributed by atoms with van der Waals surface area (Å²) in [6.07, 6.45) is 0.120. The van der Waals surface area contributed by atoms with Crippen LogP contribution in [-0.2, 0) is 21.2 Å². The van der Waals surface area contributed by atoms with Crippen molar-refractivity contribution in [2.24, 2.45) is 0 Å². The van der Waals surface area contributed by atoms with Gasteiger partial charge < -0.3 is 19.5 Å². The number of hydrogen-bond donors (Lipinski definition) is 2. The van der Waals surface area contributed by atoms with Gasteiger partial charge in [0.15, 0.2) is 11.5 Å². The lowest BCUT2D eigenvalue weighted by Crippen LogP contribution is -2.16. The monoisotopic (exact) mass is 470 g/mol. The molecule has 3 aromatic carbocycles. The van der Waals surface area contributed by atoms with E-state index in [0.717, 1.165) is 11.1 Å². The Kier molecular flexibility index (Phi) is 7.44. The number of ether oxygens (including phenoxy) is 3. The van der Waals surface area contributed by atoms with Crippen molar-refractivity contribution in [1.82, 2.24) is 0 Å². The number of nitrogens with one attached hydrogen (secondary N) is 2. The molecule has 0 atom stereocenters. The fourth-order valence-electron chi connectivity index (χ4n) is 3.20. The minimum atomic E-state index is -3.84. The van der Waals surface area contributed by atoms with Crippen molar-refractivity contribution in [3.63, 3.8) is 0 Å². The smallest absolute Gasteiger partial charge is 0.262 e. The fraction of sp³-hybridized carbons (Fsp3) is 0.208. The quantitative estimate of drug-likeness (QED) is 0.490. The zero-order valence-electron chi connectivity index (χ0n) is 18.8. The molecule has 0 aliphatic heterocycles. The molecule has 9 heteroatoms. The number of anilines is 2. The van der Waals surface area contributed by atoms with Crippen LogP contribution >= 0.6 is 0 Å². The van der Waals surface area contributed by atoms with Crippen LogP contribution in [0.5, 0.6) is 17.2 Å². The van der Waals surface area contributed by atoms with Crippen LogP contribution in [-0.4, -0.2) is 35.7 Å². The zero-order chi connectivity index (χ0) is 24.0. The topological polar surface area (TPSA) is 103 Å². The van der Waals surface area contributed by atoms with Crippen molar-refractivity contribution in [3.8, 4) is 17.2 Å². The summed E-state index contributed by atoms with van der Waals surface area (Å²) < 4.78 is 43.8. The Morgan fingerprint density at radius 2 is 1.45 bits per heavy atom. The second kappa shape index (κ2) is 10.3. The predicted molar refractivity (Wildman–Crippen MR) is 127 cm³/mol. The highest BCUT2D eigenvalue weighted by Gasteiger charge is 2.17. The molecule has 0 bridgehead atoms. The number of carbonyl (C=O) groups is 1. The third kappa shape index (κ3) is 5.95. The number of benzene rings is 3. The lowest BCUT2D eigenvalue weighted by Gasteiger charge is -2.13. The van der Waals surface area contributed by atoms with Gasteiger partial charge in [0.05, 0.1) is 38.3 Å². The Balaban J connectivity index is 1.68. The molecule has 0 fully saturated rings. The first kappa shape index (κ1) is 23.9. The standard InChI is InChI=1S/C24H26N2O6S/c1-16-5-11-21(30-2)20(13-16)26-33(28,29)19-9-7-18(8-10-19)25-24(27)15-17-6-12-22(31-3)23(14-17)32-4/h5-14,26H,15H2,1-4H3,(H,25,27). The van der Waals surface area contributed by atoms with Gasteiger partial charge in [0.1, 0.15) is 5.75 Å². The van der Waals surface area contributed by atoms with Gasteiger partial charge in [-0.3, -0.25) is 9.52 Å². The van der Waals surface area contributed by atoms with E-state index in [2.05, 4.69) is 10.0 Å². The van der Waals surface area contributed by atoms with E-state index in [1.165, 1.54) is 38.5 Å². The Hall–Kier alpha value is -3.72. The normalized spacial score (nSPS) is 10.9. The number of carbonyl (C=O) groups excluding carboxylic acids is 1. The number of methoxy groups -OCH3 is 3. The van der Waals surface area contributed by atoms with E-state index in [9.17, 15) is 13.2 Å². The van der Waals surface area contributed by atoms with Crippen molar-refractivity contribution in [2.45, 2.75) is 18.2 Å². The fourth-order valence-corrected chi connectivity index (χ4v) is 4.27. The number of hydrogen-bond acceptors (Lipinski definition) is 6. The number of aryl methyl sites for hydroxylation is 1. The van der Waals surface area contributed by atoms with Gasteiger partial charge >= 0.3 is 0 Å². The lowest BCUT2D eigenvalue weighted by atomic mass is 10.1. The van der Waals surface area contributed by atoms with Crippen LogP contribution in [0.4, 0.5) is 11.4 Å². The van der Waals surface area contributed by atoms with Crippen LogP contribution in [0.2, 0.25) is 0 Å². The van der Waals surface area contributed by atoms with Crippen molar-refractivity contribution in [3.05, 3.63) is 71.8 Å². The summed E-state index contributed by atoms with van der Waals surface area (Å²) in [5.74, 6) is 1.29. The van der Waals surface area contributed by atoms with Gasteiger partial charge in [0.25, 0.3) is 10.0 Å². The van der Waals surface area contributed by atoms with E-state index in [0.29, 0.717) is 28.6 Å². The molecule has 3 rings (SSSR count). The third-order valence-corrected chi connectivity index (χ3v) is 6.24. The summed E-state index contributed by atoms with van der Waals surface area (Å²) in [6.45, 7) is 1.86. The lowest BCUT2D eigenvalue weighted by molar-refractivity contribution is -0.115. The zero-order valence-corrected chi connectivity index (χ0v) is 19.7.